The minimum Gasteiger partial charge on any atom is -0.312 e. The van der Waals surface area contributed by atoms with E-state index >= 15 is 0 Å². The van der Waals surface area contributed by atoms with Gasteiger partial charge < -0.3 is 5.32 Å². The van der Waals surface area contributed by atoms with Crippen molar-refractivity contribution in [1.29, 1.82) is 0 Å². The van der Waals surface area contributed by atoms with Crippen molar-refractivity contribution < 1.29 is 0 Å². The lowest BCUT2D eigenvalue weighted by Crippen LogP contribution is -2.21. The van der Waals surface area contributed by atoms with Crippen LogP contribution in [0, 0.1) is 6.92 Å². The second-order valence-corrected chi connectivity index (χ2v) is 5.99. The molecule has 0 unspecified atom stereocenters. The highest BCUT2D eigenvalue weighted by molar-refractivity contribution is 7.15. The normalized spacial score (nSPS) is 14.7. The van der Waals surface area contributed by atoms with Gasteiger partial charge in [0, 0.05) is 27.9 Å². The van der Waals surface area contributed by atoms with Gasteiger partial charge in [-0.15, -0.1) is 11.3 Å². The molecule has 3 heteroatoms. The number of thiophene rings is 1. The van der Waals surface area contributed by atoms with Crippen molar-refractivity contribution in [2.75, 3.05) is 6.54 Å². The molecule has 17 heavy (non-hydrogen) atoms. The summed E-state index contributed by atoms with van der Waals surface area (Å²) in [6.45, 7) is 4.14. The average molecular weight is 264 g/mol. The van der Waals surface area contributed by atoms with Crippen LogP contribution in [0.15, 0.2) is 24.3 Å². The first-order valence-corrected chi connectivity index (χ1v) is 7.02. The van der Waals surface area contributed by atoms with Gasteiger partial charge in [-0.05, 0) is 42.2 Å². The van der Waals surface area contributed by atoms with Crippen LogP contribution in [0.3, 0.4) is 0 Å². The molecule has 0 radical (unpaired) electrons. The Morgan fingerprint density at radius 2 is 2.18 bits per heavy atom. The number of aryl methyl sites for hydroxylation is 1. The molecule has 1 aliphatic rings. The molecule has 0 amide bonds. The maximum Gasteiger partial charge on any atom is 0.0441 e. The van der Waals surface area contributed by atoms with E-state index in [9.17, 15) is 0 Å². The predicted octanol–water partition coefficient (Wildman–Crippen LogP) is 4.02. The minimum absolute atomic E-state index is 0.854. The van der Waals surface area contributed by atoms with Gasteiger partial charge in [0.1, 0.15) is 0 Å². The summed E-state index contributed by atoms with van der Waals surface area (Å²) in [5.74, 6) is 0. The highest BCUT2D eigenvalue weighted by atomic mass is 35.5. The van der Waals surface area contributed by atoms with Crippen molar-refractivity contribution >= 4 is 22.9 Å². The van der Waals surface area contributed by atoms with Crippen molar-refractivity contribution in [2.45, 2.75) is 19.9 Å². The Morgan fingerprint density at radius 1 is 1.29 bits per heavy atom. The molecule has 0 saturated heterocycles. The SMILES string of the molecule is Cc1ccc(-c2cc3c(s2)CCNC3)cc1Cl. The Balaban J connectivity index is 2.03. The summed E-state index contributed by atoms with van der Waals surface area (Å²) in [5.41, 5.74) is 3.83. The van der Waals surface area contributed by atoms with E-state index in [0.717, 1.165) is 30.1 Å². The van der Waals surface area contributed by atoms with Crippen LogP contribution >= 0.6 is 22.9 Å². The second-order valence-electron chi connectivity index (χ2n) is 4.45. The van der Waals surface area contributed by atoms with Gasteiger partial charge in [-0.2, -0.15) is 0 Å². The third-order valence-electron chi connectivity index (χ3n) is 3.20. The maximum absolute atomic E-state index is 6.18. The van der Waals surface area contributed by atoms with Crippen LogP contribution in [0.5, 0.6) is 0 Å². The van der Waals surface area contributed by atoms with E-state index < -0.39 is 0 Å². The van der Waals surface area contributed by atoms with Gasteiger partial charge in [-0.1, -0.05) is 23.7 Å². The molecule has 88 valence electrons. The van der Waals surface area contributed by atoms with Crippen LogP contribution in [0.4, 0.5) is 0 Å². The predicted molar refractivity (Wildman–Crippen MR) is 74.9 cm³/mol. The first-order valence-electron chi connectivity index (χ1n) is 5.83. The van der Waals surface area contributed by atoms with Crippen molar-refractivity contribution in [3.05, 3.63) is 45.3 Å². The van der Waals surface area contributed by atoms with Crippen LogP contribution in [0.25, 0.3) is 10.4 Å². The third-order valence-corrected chi connectivity index (χ3v) is 4.89. The minimum atomic E-state index is 0.854. The van der Waals surface area contributed by atoms with Crippen LogP contribution < -0.4 is 5.32 Å². The molecule has 2 heterocycles. The Bertz CT molecular complexity index is 536. The molecule has 1 aliphatic heterocycles. The largest absolute Gasteiger partial charge is 0.312 e. The first kappa shape index (κ1) is 11.3. The van der Waals surface area contributed by atoms with Gasteiger partial charge in [0.25, 0.3) is 0 Å². The van der Waals surface area contributed by atoms with E-state index in [0.29, 0.717) is 0 Å². The zero-order valence-corrected chi connectivity index (χ0v) is 11.3. The third kappa shape index (κ3) is 2.13. The highest BCUT2D eigenvalue weighted by Crippen LogP contribution is 2.34. The molecular weight excluding hydrogens is 250 g/mol. The smallest absolute Gasteiger partial charge is 0.0441 e. The number of fused-ring (bicyclic) bond motifs is 1. The van der Waals surface area contributed by atoms with E-state index in [1.807, 2.05) is 18.3 Å². The van der Waals surface area contributed by atoms with Crippen molar-refractivity contribution in [3.63, 3.8) is 0 Å². The molecular formula is C14H14ClNS. The highest BCUT2D eigenvalue weighted by Gasteiger charge is 2.14. The van der Waals surface area contributed by atoms with Crippen LogP contribution in [-0.4, -0.2) is 6.54 Å². The number of rotatable bonds is 1. The van der Waals surface area contributed by atoms with Crippen LogP contribution in [0.1, 0.15) is 16.0 Å². The molecule has 1 aromatic heterocycles. The molecule has 0 aliphatic carbocycles. The number of nitrogens with one attached hydrogen (secondary N) is 1. The molecule has 0 bridgehead atoms. The molecule has 0 atom stereocenters. The van der Waals surface area contributed by atoms with E-state index in [2.05, 4.69) is 29.6 Å². The second kappa shape index (κ2) is 4.45. The lowest BCUT2D eigenvalue weighted by Gasteiger charge is -2.10. The van der Waals surface area contributed by atoms with Gasteiger partial charge >= 0.3 is 0 Å². The zero-order chi connectivity index (χ0) is 11.8. The van der Waals surface area contributed by atoms with Crippen molar-refractivity contribution in [3.8, 4) is 10.4 Å². The summed E-state index contributed by atoms with van der Waals surface area (Å²) < 4.78 is 0. The lowest BCUT2D eigenvalue weighted by molar-refractivity contribution is 0.653. The van der Waals surface area contributed by atoms with Crippen molar-refractivity contribution in [2.24, 2.45) is 0 Å². The van der Waals surface area contributed by atoms with Gasteiger partial charge in [0.2, 0.25) is 0 Å². The van der Waals surface area contributed by atoms with E-state index in [-0.39, 0.29) is 0 Å². The van der Waals surface area contributed by atoms with E-state index in [1.54, 1.807) is 0 Å². The summed E-state index contributed by atoms with van der Waals surface area (Å²) in [6.07, 6.45) is 1.15. The fourth-order valence-corrected chi connectivity index (χ4v) is 3.50. The molecule has 1 nitrogen and oxygen atoms in total. The Hall–Kier alpha value is -0.830. The number of hydrogen-bond donors (Lipinski definition) is 1. The summed E-state index contributed by atoms with van der Waals surface area (Å²) in [5, 5.41) is 4.26. The Morgan fingerprint density at radius 3 is 2.94 bits per heavy atom. The fraction of sp³-hybridized carbons (Fsp3) is 0.286. The Labute approximate surface area is 110 Å². The van der Waals surface area contributed by atoms with Crippen LogP contribution in [-0.2, 0) is 13.0 Å². The molecule has 0 spiro atoms. The Kier molecular flexibility index (Phi) is 2.95. The molecule has 1 aromatic carbocycles. The van der Waals surface area contributed by atoms with Gasteiger partial charge in [-0.3, -0.25) is 0 Å². The van der Waals surface area contributed by atoms with Gasteiger partial charge in [0.05, 0.1) is 0 Å². The van der Waals surface area contributed by atoms with Gasteiger partial charge in [-0.25, -0.2) is 0 Å². The van der Waals surface area contributed by atoms with Gasteiger partial charge in [0.15, 0.2) is 0 Å². The molecule has 2 aromatic rings. The molecule has 1 N–H and O–H groups in total. The van der Waals surface area contributed by atoms with Crippen molar-refractivity contribution in [1.82, 2.24) is 5.32 Å². The number of halogens is 1. The topological polar surface area (TPSA) is 12.0 Å². The summed E-state index contributed by atoms with van der Waals surface area (Å²) >= 11 is 8.09. The lowest BCUT2D eigenvalue weighted by atomic mass is 10.1. The standard InChI is InChI=1S/C14H14ClNS/c1-9-2-3-10(6-12(9)15)14-7-11-8-16-5-4-13(11)17-14/h2-3,6-7,16H,4-5,8H2,1H3. The molecule has 3 rings (SSSR count). The monoisotopic (exact) mass is 263 g/mol. The molecule has 0 saturated carbocycles. The summed E-state index contributed by atoms with van der Waals surface area (Å²) in [7, 11) is 0. The van der Waals surface area contributed by atoms with E-state index in [1.165, 1.54) is 20.9 Å². The maximum atomic E-state index is 6.18. The summed E-state index contributed by atoms with van der Waals surface area (Å²) in [4.78, 5) is 2.86. The van der Waals surface area contributed by atoms with E-state index in [4.69, 9.17) is 11.6 Å². The van der Waals surface area contributed by atoms with Crippen LogP contribution in [0.2, 0.25) is 5.02 Å². The fourth-order valence-electron chi connectivity index (χ4n) is 2.14. The average Bonchev–Trinajstić information content (AvgIpc) is 2.76. The quantitative estimate of drug-likeness (QED) is 0.819. The zero-order valence-electron chi connectivity index (χ0n) is 9.72. The molecule has 0 fully saturated rings. The first-order chi connectivity index (χ1) is 8.24. The number of hydrogen-bond acceptors (Lipinski definition) is 2. The summed E-state index contributed by atoms with van der Waals surface area (Å²) in [6, 6.07) is 8.62. The number of benzene rings is 1.